The van der Waals surface area contributed by atoms with Crippen LogP contribution in [0.5, 0.6) is 0 Å². The lowest BCUT2D eigenvalue weighted by Crippen LogP contribution is -2.49. The van der Waals surface area contributed by atoms with Gasteiger partial charge in [0.05, 0.1) is 5.92 Å². The lowest BCUT2D eigenvalue weighted by atomic mass is 9.95. The van der Waals surface area contributed by atoms with Crippen LogP contribution in [0.25, 0.3) is 0 Å². The maximum atomic E-state index is 11.9. The minimum atomic E-state index is -0.799. The van der Waals surface area contributed by atoms with Crippen LogP contribution in [0.2, 0.25) is 0 Å². The third-order valence-electron chi connectivity index (χ3n) is 3.60. The zero-order chi connectivity index (χ0) is 15.0. The Balaban J connectivity index is 2.46. The molecule has 5 nitrogen and oxygen atoms in total. The Bertz CT molecular complexity index is 326. The van der Waals surface area contributed by atoms with Crippen LogP contribution in [0.1, 0.15) is 46.0 Å². The fourth-order valence-corrected chi connectivity index (χ4v) is 3.22. The van der Waals surface area contributed by atoms with E-state index in [1.807, 2.05) is 6.92 Å². The first kappa shape index (κ1) is 17.1. The van der Waals surface area contributed by atoms with Gasteiger partial charge in [-0.2, -0.15) is 11.8 Å². The van der Waals surface area contributed by atoms with Crippen molar-refractivity contribution in [3.63, 3.8) is 0 Å². The Kier molecular flexibility index (Phi) is 7.80. The normalized spacial score (nSPS) is 24.5. The van der Waals surface area contributed by atoms with Gasteiger partial charge in [0.1, 0.15) is 0 Å². The largest absolute Gasteiger partial charge is 0.481 e. The predicted octanol–water partition coefficient (Wildman–Crippen LogP) is 2.46. The molecule has 0 radical (unpaired) electrons. The van der Waals surface area contributed by atoms with Crippen molar-refractivity contribution < 1.29 is 14.7 Å². The summed E-state index contributed by atoms with van der Waals surface area (Å²) in [7, 11) is 0. The van der Waals surface area contributed by atoms with Crippen molar-refractivity contribution >= 4 is 23.8 Å². The maximum Gasteiger partial charge on any atom is 0.315 e. The first-order chi connectivity index (χ1) is 9.54. The summed E-state index contributed by atoms with van der Waals surface area (Å²) in [6.07, 6.45) is 4.37. The standard InChI is InChI=1S/C14H26N2O3S/c1-3-20-9-10(2)15-14(19)16-12-8-6-4-5-7-11(12)13(17)18/h10-12H,3-9H2,1-2H3,(H,17,18)(H2,15,16,19). The number of rotatable bonds is 6. The third kappa shape index (κ3) is 6.03. The smallest absolute Gasteiger partial charge is 0.315 e. The van der Waals surface area contributed by atoms with Gasteiger partial charge >= 0.3 is 12.0 Å². The summed E-state index contributed by atoms with van der Waals surface area (Å²) in [5, 5.41) is 15.0. The molecule has 0 saturated heterocycles. The van der Waals surface area contributed by atoms with E-state index in [-0.39, 0.29) is 18.1 Å². The highest BCUT2D eigenvalue weighted by atomic mass is 32.2. The molecular formula is C14H26N2O3S. The molecule has 0 spiro atoms. The number of carboxylic acids is 1. The summed E-state index contributed by atoms with van der Waals surface area (Å²) >= 11 is 1.78. The molecule has 0 aromatic heterocycles. The molecule has 0 aliphatic heterocycles. The highest BCUT2D eigenvalue weighted by Crippen LogP contribution is 2.23. The van der Waals surface area contributed by atoms with E-state index < -0.39 is 11.9 Å². The Morgan fingerprint density at radius 3 is 2.65 bits per heavy atom. The quantitative estimate of drug-likeness (QED) is 0.659. The van der Waals surface area contributed by atoms with Crippen molar-refractivity contribution in [2.75, 3.05) is 11.5 Å². The molecule has 6 heteroatoms. The van der Waals surface area contributed by atoms with Crippen LogP contribution >= 0.6 is 11.8 Å². The topological polar surface area (TPSA) is 78.4 Å². The molecule has 0 bridgehead atoms. The number of carbonyl (C=O) groups excluding carboxylic acids is 1. The Morgan fingerprint density at radius 1 is 1.30 bits per heavy atom. The van der Waals surface area contributed by atoms with E-state index in [0.29, 0.717) is 6.42 Å². The van der Waals surface area contributed by atoms with Gasteiger partial charge in [0.25, 0.3) is 0 Å². The number of thioether (sulfide) groups is 1. The van der Waals surface area contributed by atoms with Crippen LogP contribution in [-0.2, 0) is 4.79 Å². The number of aliphatic carboxylic acids is 1. The van der Waals surface area contributed by atoms with Crippen LogP contribution in [0.15, 0.2) is 0 Å². The van der Waals surface area contributed by atoms with Gasteiger partial charge in [-0.15, -0.1) is 0 Å². The number of hydrogen-bond donors (Lipinski definition) is 3. The van der Waals surface area contributed by atoms with Gasteiger partial charge in [-0.05, 0) is 25.5 Å². The number of carboxylic acid groups (broad SMARTS) is 1. The highest BCUT2D eigenvalue weighted by molar-refractivity contribution is 7.99. The zero-order valence-corrected chi connectivity index (χ0v) is 13.2. The third-order valence-corrected chi connectivity index (χ3v) is 4.74. The summed E-state index contributed by atoms with van der Waals surface area (Å²) < 4.78 is 0. The molecule has 0 heterocycles. The number of carbonyl (C=O) groups is 2. The Hall–Kier alpha value is -0.910. The first-order valence-electron chi connectivity index (χ1n) is 7.42. The van der Waals surface area contributed by atoms with E-state index in [4.69, 9.17) is 0 Å². The molecule has 3 unspecified atom stereocenters. The molecule has 0 aromatic carbocycles. The van der Waals surface area contributed by atoms with Crippen molar-refractivity contribution in [2.45, 2.75) is 58.0 Å². The molecule has 1 saturated carbocycles. The average Bonchev–Trinajstić information content (AvgIpc) is 2.61. The van der Waals surface area contributed by atoms with Crippen molar-refractivity contribution in [1.82, 2.24) is 10.6 Å². The lowest BCUT2D eigenvalue weighted by molar-refractivity contribution is -0.142. The van der Waals surface area contributed by atoms with Gasteiger partial charge in [0, 0.05) is 17.8 Å². The van der Waals surface area contributed by atoms with Crippen LogP contribution in [0.3, 0.4) is 0 Å². The molecule has 1 aliphatic carbocycles. The van der Waals surface area contributed by atoms with Gasteiger partial charge in [0.2, 0.25) is 0 Å². The predicted molar refractivity (Wildman–Crippen MR) is 82.1 cm³/mol. The summed E-state index contributed by atoms with van der Waals surface area (Å²) in [6.45, 7) is 4.05. The Morgan fingerprint density at radius 2 is 2.00 bits per heavy atom. The molecule has 1 fully saturated rings. The molecule has 20 heavy (non-hydrogen) atoms. The molecule has 3 atom stereocenters. The molecule has 116 valence electrons. The zero-order valence-electron chi connectivity index (χ0n) is 12.4. The molecular weight excluding hydrogens is 276 g/mol. The Labute approximate surface area is 125 Å². The number of amides is 2. The van der Waals surface area contributed by atoms with E-state index in [9.17, 15) is 14.7 Å². The second kappa shape index (κ2) is 9.10. The van der Waals surface area contributed by atoms with E-state index in [0.717, 1.165) is 37.2 Å². The second-order valence-corrected chi connectivity index (χ2v) is 6.69. The summed E-state index contributed by atoms with van der Waals surface area (Å²) in [6, 6.07) is -0.401. The van der Waals surface area contributed by atoms with Gasteiger partial charge in [0.15, 0.2) is 0 Å². The lowest BCUT2D eigenvalue weighted by Gasteiger charge is -2.24. The number of urea groups is 1. The molecule has 1 aliphatic rings. The summed E-state index contributed by atoms with van der Waals surface area (Å²) in [5.74, 6) is 0.643. The van der Waals surface area contributed by atoms with Crippen LogP contribution < -0.4 is 10.6 Å². The van der Waals surface area contributed by atoms with Crippen molar-refractivity contribution in [1.29, 1.82) is 0 Å². The monoisotopic (exact) mass is 302 g/mol. The van der Waals surface area contributed by atoms with Gasteiger partial charge in [-0.25, -0.2) is 4.79 Å². The molecule has 2 amide bonds. The van der Waals surface area contributed by atoms with Gasteiger partial charge < -0.3 is 15.7 Å². The van der Waals surface area contributed by atoms with Crippen molar-refractivity contribution in [3.05, 3.63) is 0 Å². The van der Waals surface area contributed by atoms with Crippen molar-refractivity contribution in [2.24, 2.45) is 5.92 Å². The van der Waals surface area contributed by atoms with E-state index in [1.54, 1.807) is 11.8 Å². The molecule has 1 rings (SSSR count). The maximum absolute atomic E-state index is 11.9. The molecule has 3 N–H and O–H groups in total. The minimum Gasteiger partial charge on any atom is -0.481 e. The summed E-state index contributed by atoms with van der Waals surface area (Å²) in [5.41, 5.74) is 0. The van der Waals surface area contributed by atoms with Crippen LogP contribution in [0, 0.1) is 5.92 Å². The number of nitrogens with one attached hydrogen (secondary N) is 2. The van der Waals surface area contributed by atoms with Crippen molar-refractivity contribution in [3.8, 4) is 0 Å². The fraction of sp³-hybridized carbons (Fsp3) is 0.857. The summed E-state index contributed by atoms with van der Waals surface area (Å²) in [4.78, 5) is 23.2. The van der Waals surface area contributed by atoms with Gasteiger partial charge in [-0.3, -0.25) is 4.79 Å². The SMILES string of the molecule is CCSCC(C)NC(=O)NC1CCCCCC1C(=O)O. The highest BCUT2D eigenvalue weighted by Gasteiger charge is 2.30. The molecule has 0 aromatic rings. The second-order valence-electron chi connectivity index (χ2n) is 5.37. The fourth-order valence-electron chi connectivity index (χ4n) is 2.55. The minimum absolute atomic E-state index is 0.0917. The van der Waals surface area contributed by atoms with E-state index >= 15 is 0 Å². The number of hydrogen-bond acceptors (Lipinski definition) is 3. The van der Waals surface area contributed by atoms with E-state index in [2.05, 4.69) is 17.6 Å². The van der Waals surface area contributed by atoms with E-state index in [1.165, 1.54) is 0 Å². The first-order valence-corrected chi connectivity index (χ1v) is 8.57. The van der Waals surface area contributed by atoms with Gasteiger partial charge in [-0.1, -0.05) is 26.2 Å². The van der Waals surface area contributed by atoms with Crippen LogP contribution in [0.4, 0.5) is 4.79 Å². The van der Waals surface area contributed by atoms with Crippen LogP contribution in [-0.4, -0.2) is 40.7 Å². The average molecular weight is 302 g/mol.